The molecule has 2 nitrogen and oxygen atoms in total. The van der Waals surface area contributed by atoms with Crippen LogP contribution in [-0.4, -0.2) is 18.7 Å². The first-order chi connectivity index (χ1) is 8.71. The van der Waals surface area contributed by atoms with E-state index in [9.17, 15) is 0 Å². The van der Waals surface area contributed by atoms with E-state index in [-0.39, 0.29) is 6.10 Å². The molecule has 0 aliphatic carbocycles. The molecule has 2 atom stereocenters. The number of hydrogen-bond donors (Lipinski definition) is 1. The Bertz CT molecular complexity index is 314. The average Bonchev–Trinajstić information content (AvgIpc) is 2.38. The zero-order chi connectivity index (χ0) is 13.4. The highest BCUT2D eigenvalue weighted by atomic mass is 16.5. The first kappa shape index (κ1) is 15.0. The number of aryl methyl sites for hydroxylation is 1. The fourth-order valence-corrected chi connectivity index (χ4v) is 2.23. The van der Waals surface area contributed by atoms with Crippen LogP contribution >= 0.6 is 0 Å². The maximum Gasteiger partial charge on any atom is 0.119 e. The van der Waals surface area contributed by atoms with E-state index in [1.165, 1.54) is 12.0 Å². The summed E-state index contributed by atoms with van der Waals surface area (Å²) in [6.07, 6.45) is 3.64. The van der Waals surface area contributed by atoms with Crippen molar-refractivity contribution < 1.29 is 4.74 Å². The van der Waals surface area contributed by atoms with Gasteiger partial charge in [-0.15, -0.1) is 0 Å². The van der Waals surface area contributed by atoms with Crippen molar-refractivity contribution in [3.05, 3.63) is 29.8 Å². The summed E-state index contributed by atoms with van der Waals surface area (Å²) in [6.45, 7) is 9.67. The molecule has 0 spiro atoms. The van der Waals surface area contributed by atoms with E-state index >= 15 is 0 Å². The van der Waals surface area contributed by atoms with Gasteiger partial charge in [0.25, 0.3) is 0 Å². The van der Waals surface area contributed by atoms with E-state index in [0.717, 1.165) is 25.1 Å². The minimum atomic E-state index is 0.257. The highest BCUT2D eigenvalue weighted by molar-refractivity contribution is 5.26. The van der Waals surface area contributed by atoms with Crippen molar-refractivity contribution in [2.24, 2.45) is 0 Å². The Kier molecular flexibility index (Phi) is 6.81. The summed E-state index contributed by atoms with van der Waals surface area (Å²) in [4.78, 5) is 0. The Morgan fingerprint density at radius 3 is 2.28 bits per heavy atom. The van der Waals surface area contributed by atoms with Crippen molar-refractivity contribution >= 4 is 0 Å². The van der Waals surface area contributed by atoms with Crippen LogP contribution in [0, 0.1) is 6.92 Å². The summed E-state index contributed by atoms with van der Waals surface area (Å²) in [5, 5.41) is 3.54. The van der Waals surface area contributed by atoms with Gasteiger partial charge >= 0.3 is 0 Å². The molecule has 0 aromatic heterocycles. The second kappa shape index (κ2) is 8.15. The summed E-state index contributed by atoms with van der Waals surface area (Å²) < 4.78 is 6.12. The number of nitrogens with one attached hydrogen (secondary N) is 1. The molecule has 2 unspecified atom stereocenters. The van der Waals surface area contributed by atoms with Crippen LogP contribution in [0.1, 0.15) is 45.6 Å². The highest BCUT2D eigenvalue weighted by Crippen LogP contribution is 2.18. The van der Waals surface area contributed by atoms with E-state index in [1.54, 1.807) is 0 Å². The summed E-state index contributed by atoms with van der Waals surface area (Å²) in [7, 11) is 0. The molecule has 0 radical (unpaired) electrons. The van der Waals surface area contributed by atoms with Crippen LogP contribution in [0.3, 0.4) is 0 Å². The zero-order valence-corrected chi connectivity index (χ0v) is 12.2. The van der Waals surface area contributed by atoms with Crippen LogP contribution in [0.4, 0.5) is 0 Å². The monoisotopic (exact) mass is 249 g/mol. The van der Waals surface area contributed by atoms with Gasteiger partial charge in [-0.1, -0.05) is 44.9 Å². The standard InChI is InChI=1S/C16H27NO/c1-5-8-15(17-7-3)16(6-2)18-14-11-9-13(4)10-12-14/h9-12,15-17H,5-8H2,1-4H3. The lowest BCUT2D eigenvalue weighted by molar-refractivity contribution is 0.143. The Morgan fingerprint density at radius 1 is 1.11 bits per heavy atom. The number of benzene rings is 1. The summed E-state index contributed by atoms with van der Waals surface area (Å²) in [5.41, 5.74) is 1.27. The third-order valence-corrected chi connectivity index (χ3v) is 3.23. The fourth-order valence-electron chi connectivity index (χ4n) is 2.23. The zero-order valence-electron chi connectivity index (χ0n) is 12.2. The van der Waals surface area contributed by atoms with Crippen LogP contribution in [0.15, 0.2) is 24.3 Å². The molecule has 1 aromatic carbocycles. The lowest BCUT2D eigenvalue weighted by atomic mass is 10.0. The smallest absolute Gasteiger partial charge is 0.119 e. The summed E-state index contributed by atoms with van der Waals surface area (Å²) >= 11 is 0. The third kappa shape index (κ3) is 4.69. The van der Waals surface area contributed by atoms with E-state index in [0.29, 0.717) is 6.04 Å². The fraction of sp³-hybridized carbons (Fsp3) is 0.625. The maximum absolute atomic E-state index is 6.12. The van der Waals surface area contributed by atoms with Crippen molar-refractivity contribution in [2.75, 3.05) is 6.54 Å². The minimum absolute atomic E-state index is 0.257. The topological polar surface area (TPSA) is 21.3 Å². The number of rotatable bonds is 8. The maximum atomic E-state index is 6.12. The second-order valence-corrected chi connectivity index (χ2v) is 4.83. The molecule has 2 heteroatoms. The lowest BCUT2D eigenvalue weighted by Crippen LogP contribution is -2.42. The molecule has 0 bridgehead atoms. The molecule has 18 heavy (non-hydrogen) atoms. The molecule has 1 rings (SSSR count). The summed E-state index contributed by atoms with van der Waals surface area (Å²) in [6, 6.07) is 8.78. The number of hydrogen-bond acceptors (Lipinski definition) is 2. The van der Waals surface area contributed by atoms with E-state index < -0.39 is 0 Å². The van der Waals surface area contributed by atoms with Crippen molar-refractivity contribution in [2.45, 2.75) is 59.1 Å². The highest BCUT2D eigenvalue weighted by Gasteiger charge is 2.19. The molecule has 102 valence electrons. The molecule has 0 aliphatic heterocycles. The molecule has 0 saturated carbocycles. The van der Waals surface area contributed by atoms with Gasteiger partial charge in [0.1, 0.15) is 11.9 Å². The first-order valence-corrected chi connectivity index (χ1v) is 7.17. The number of likely N-dealkylation sites (N-methyl/N-ethyl adjacent to an activating group) is 1. The van der Waals surface area contributed by atoms with E-state index in [1.807, 2.05) is 0 Å². The van der Waals surface area contributed by atoms with Crippen LogP contribution in [0.5, 0.6) is 5.75 Å². The molecule has 1 N–H and O–H groups in total. The van der Waals surface area contributed by atoms with Gasteiger partial charge in [0.2, 0.25) is 0 Å². The Morgan fingerprint density at radius 2 is 1.78 bits per heavy atom. The largest absolute Gasteiger partial charge is 0.489 e. The molecule has 0 amide bonds. The first-order valence-electron chi connectivity index (χ1n) is 7.17. The van der Waals surface area contributed by atoms with Gasteiger partial charge in [-0.05, 0) is 38.4 Å². The van der Waals surface area contributed by atoms with E-state index in [4.69, 9.17) is 4.74 Å². The van der Waals surface area contributed by atoms with Gasteiger partial charge in [0.15, 0.2) is 0 Å². The van der Waals surface area contributed by atoms with Crippen LogP contribution in [0.2, 0.25) is 0 Å². The molecule has 0 aliphatic rings. The Labute approximate surface area is 112 Å². The quantitative estimate of drug-likeness (QED) is 0.753. The predicted octanol–water partition coefficient (Wildman–Crippen LogP) is 3.93. The van der Waals surface area contributed by atoms with Gasteiger partial charge in [-0.2, -0.15) is 0 Å². The second-order valence-electron chi connectivity index (χ2n) is 4.83. The molecular weight excluding hydrogens is 222 g/mol. The van der Waals surface area contributed by atoms with Crippen molar-refractivity contribution in [3.63, 3.8) is 0 Å². The van der Waals surface area contributed by atoms with Gasteiger partial charge in [-0.25, -0.2) is 0 Å². The lowest BCUT2D eigenvalue weighted by Gasteiger charge is -2.27. The molecular formula is C16H27NO. The van der Waals surface area contributed by atoms with Crippen molar-refractivity contribution in [1.29, 1.82) is 0 Å². The van der Waals surface area contributed by atoms with E-state index in [2.05, 4.69) is 57.3 Å². The Hall–Kier alpha value is -1.02. The van der Waals surface area contributed by atoms with Crippen molar-refractivity contribution in [1.82, 2.24) is 5.32 Å². The molecule has 0 heterocycles. The summed E-state index contributed by atoms with van der Waals surface area (Å²) in [5.74, 6) is 0.978. The van der Waals surface area contributed by atoms with Crippen molar-refractivity contribution in [3.8, 4) is 5.75 Å². The minimum Gasteiger partial charge on any atom is -0.489 e. The molecule has 0 fully saturated rings. The number of ether oxygens (including phenoxy) is 1. The predicted molar refractivity (Wildman–Crippen MR) is 78.3 cm³/mol. The molecule has 1 aromatic rings. The van der Waals surface area contributed by atoms with Crippen LogP contribution in [-0.2, 0) is 0 Å². The van der Waals surface area contributed by atoms with Gasteiger partial charge in [0.05, 0.1) is 0 Å². The average molecular weight is 249 g/mol. The molecule has 0 saturated heterocycles. The van der Waals surface area contributed by atoms with Gasteiger partial charge < -0.3 is 10.1 Å². The van der Waals surface area contributed by atoms with Crippen LogP contribution in [0.25, 0.3) is 0 Å². The normalized spacial score (nSPS) is 14.2. The SMILES string of the molecule is CCCC(NCC)C(CC)Oc1ccc(C)cc1. The van der Waals surface area contributed by atoms with Gasteiger partial charge in [0, 0.05) is 6.04 Å². The third-order valence-electron chi connectivity index (χ3n) is 3.23. The Balaban J connectivity index is 2.66. The van der Waals surface area contributed by atoms with Gasteiger partial charge in [-0.3, -0.25) is 0 Å². The van der Waals surface area contributed by atoms with Crippen LogP contribution < -0.4 is 10.1 Å².